The number of hydrogen-bond acceptors (Lipinski definition) is 4. The second-order valence-corrected chi connectivity index (χ2v) is 4.13. The fourth-order valence-corrected chi connectivity index (χ4v) is 1.91. The van der Waals surface area contributed by atoms with Crippen LogP contribution in [-0.2, 0) is 0 Å². The van der Waals surface area contributed by atoms with Crippen molar-refractivity contribution in [2.24, 2.45) is 0 Å². The van der Waals surface area contributed by atoms with Gasteiger partial charge >= 0.3 is 0 Å². The van der Waals surface area contributed by atoms with E-state index in [1.807, 2.05) is 30.1 Å². The van der Waals surface area contributed by atoms with Crippen LogP contribution in [-0.4, -0.2) is 28.3 Å². The average molecular weight is 207 g/mol. The van der Waals surface area contributed by atoms with E-state index in [9.17, 15) is 5.11 Å². The van der Waals surface area contributed by atoms with Crippen molar-refractivity contribution in [3.8, 4) is 0 Å². The van der Waals surface area contributed by atoms with E-state index in [0.717, 1.165) is 12.2 Å². The molecule has 0 aromatic carbocycles. The summed E-state index contributed by atoms with van der Waals surface area (Å²) in [6.45, 7) is 4.06. The second kappa shape index (κ2) is 4.16. The summed E-state index contributed by atoms with van der Waals surface area (Å²) in [4.78, 5) is 4.27. The predicted octanol–water partition coefficient (Wildman–Crippen LogP) is 0.934. The number of nitrogens with one attached hydrogen (secondary N) is 1. The lowest BCUT2D eigenvalue weighted by Gasteiger charge is -2.41. The Hall–Kier alpha value is -1.13. The molecule has 0 spiro atoms. The van der Waals surface area contributed by atoms with Gasteiger partial charge < -0.3 is 5.11 Å². The number of aliphatic hydroxyl groups is 1. The van der Waals surface area contributed by atoms with Crippen molar-refractivity contribution >= 4 is 5.82 Å². The zero-order chi connectivity index (χ0) is 10.8. The summed E-state index contributed by atoms with van der Waals surface area (Å²) in [5, 5.41) is 11.8. The van der Waals surface area contributed by atoms with Crippen LogP contribution in [0, 0.1) is 0 Å². The first-order valence-corrected chi connectivity index (χ1v) is 5.33. The Morgan fingerprint density at radius 3 is 2.93 bits per heavy atom. The van der Waals surface area contributed by atoms with Crippen LogP contribution < -0.4 is 10.4 Å². The number of rotatable bonds is 1. The summed E-state index contributed by atoms with van der Waals surface area (Å²) in [5.74, 6) is 0.857. The van der Waals surface area contributed by atoms with Crippen molar-refractivity contribution in [1.82, 2.24) is 10.4 Å². The first kappa shape index (κ1) is 10.4. The van der Waals surface area contributed by atoms with Crippen molar-refractivity contribution < 1.29 is 5.11 Å². The normalized spacial score (nSPS) is 31.7. The van der Waals surface area contributed by atoms with Gasteiger partial charge in [-0.25, -0.2) is 10.4 Å². The van der Waals surface area contributed by atoms with Crippen LogP contribution in [0.5, 0.6) is 0 Å². The lowest BCUT2D eigenvalue weighted by Crippen LogP contribution is -2.59. The lowest BCUT2D eigenvalue weighted by molar-refractivity contribution is 0.0949. The third kappa shape index (κ3) is 2.11. The summed E-state index contributed by atoms with van der Waals surface area (Å²) < 4.78 is 0. The first-order valence-electron chi connectivity index (χ1n) is 5.33. The van der Waals surface area contributed by atoms with Gasteiger partial charge in [-0.3, -0.25) is 5.01 Å². The molecule has 4 heteroatoms. The Morgan fingerprint density at radius 1 is 1.47 bits per heavy atom. The first-order chi connectivity index (χ1) is 7.18. The minimum Gasteiger partial charge on any atom is -0.391 e. The summed E-state index contributed by atoms with van der Waals surface area (Å²) in [6.07, 6.45) is 2.24. The average Bonchev–Trinajstić information content (AvgIpc) is 2.24. The third-order valence-corrected chi connectivity index (χ3v) is 2.81. The molecule has 0 amide bonds. The molecule has 0 radical (unpaired) electrons. The summed E-state index contributed by atoms with van der Waals surface area (Å²) in [5.41, 5.74) is 3.32. The molecule has 1 aromatic heterocycles. The zero-order valence-corrected chi connectivity index (χ0v) is 9.09. The molecule has 1 aliphatic heterocycles. The second-order valence-electron chi connectivity index (χ2n) is 4.13. The molecule has 2 N–H and O–H groups in total. The number of anilines is 1. The van der Waals surface area contributed by atoms with Crippen LogP contribution in [0.15, 0.2) is 24.4 Å². The van der Waals surface area contributed by atoms with E-state index < -0.39 is 0 Å². The van der Waals surface area contributed by atoms with Gasteiger partial charge in [-0.05, 0) is 32.4 Å². The summed E-state index contributed by atoms with van der Waals surface area (Å²) >= 11 is 0. The van der Waals surface area contributed by atoms with Gasteiger partial charge in [0, 0.05) is 12.2 Å². The number of hydrogen-bond donors (Lipinski definition) is 2. The molecule has 3 atom stereocenters. The van der Waals surface area contributed by atoms with Crippen LogP contribution in [0.4, 0.5) is 5.82 Å². The SMILES string of the molecule is C[C@@H]1C[C@H](O)[C@H](C)N(c2ccccn2)N1. The van der Waals surface area contributed by atoms with Crippen molar-refractivity contribution in [3.63, 3.8) is 0 Å². The molecular weight excluding hydrogens is 190 g/mol. The largest absolute Gasteiger partial charge is 0.391 e. The van der Waals surface area contributed by atoms with Crippen LogP contribution >= 0.6 is 0 Å². The highest BCUT2D eigenvalue weighted by Crippen LogP contribution is 2.20. The standard InChI is InChI=1S/C11H17N3O/c1-8-7-10(15)9(2)14(13-8)11-5-3-4-6-12-11/h3-6,8-10,13,15H,7H2,1-2H3/t8-,9+,10+/m1/s1. The van der Waals surface area contributed by atoms with Crippen LogP contribution in [0.2, 0.25) is 0 Å². The Morgan fingerprint density at radius 2 is 2.27 bits per heavy atom. The molecule has 0 saturated carbocycles. The van der Waals surface area contributed by atoms with Gasteiger partial charge in [0.1, 0.15) is 5.82 Å². The Bertz CT molecular complexity index is 317. The van der Waals surface area contributed by atoms with Gasteiger partial charge in [-0.1, -0.05) is 6.07 Å². The predicted molar refractivity (Wildman–Crippen MR) is 59.4 cm³/mol. The molecule has 82 valence electrons. The number of pyridine rings is 1. The van der Waals surface area contributed by atoms with Gasteiger partial charge in [0.2, 0.25) is 0 Å². The van der Waals surface area contributed by atoms with Gasteiger partial charge in [0.05, 0.1) is 12.1 Å². The molecule has 1 aliphatic rings. The number of hydrazine groups is 1. The maximum absolute atomic E-state index is 9.87. The Labute approximate surface area is 89.9 Å². The van der Waals surface area contributed by atoms with E-state index in [0.29, 0.717) is 0 Å². The topological polar surface area (TPSA) is 48.4 Å². The monoisotopic (exact) mass is 207 g/mol. The van der Waals surface area contributed by atoms with E-state index in [-0.39, 0.29) is 18.2 Å². The van der Waals surface area contributed by atoms with E-state index in [2.05, 4.69) is 17.3 Å². The Balaban J connectivity index is 2.20. The van der Waals surface area contributed by atoms with Gasteiger partial charge in [-0.2, -0.15) is 0 Å². The van der Waals surface area contributed by atoms with Crippen LogP contribution in [0.25, 0.3) is 0 Å². The van der Waals surface area contributed by atoms with E-state index in [1.165, 1.54) is 0 Å². The molecule has 1 fully saturated rings. The summed E-state index contributed by atoms with van der Waals surface area (Å²) in [7, 11) is 0. The molecule has 0 aliphatic carbocycles. The Kier molecular flexibility index (Phi) is 2.88. The lowest BCUT2D eigenvalue weighted by atomic mass is 10.0. The van der Waals surface area contributed by atoms with Gasteiger partial charge in [0.15, 0.2) is 0 Å². The van der Waals surface area contributed by atoms with Crippen molar-refractivity contribution in [1.29, 1.82) is 0 Å². The quantitative estimate of drug-likeness (QED) is 0.719. The van der Waals surface area contributed by atoms with Crippen LogP contribution in [0.3, 0.4) is 0 Å². The highest BCUT2D eigenvalue weighted by Gasteiger charge is 2.30. The summed E-state index contributed by atoms with van der Waals surface area (Å²) in [6, 6.07) is 6.10. The molecule has 0 bridgehead atoms. The highest BCUT2D eigenvalue weighted by molar-refractivity contribution is 5.38. The fourth-order valence-electron chi connectivity index (χ4n) is 1.91. The van der Waals surface area contributed by atoms with E-state index >= 15 is 0 Å². The maximum atomic E-state index is 9.87. The molecular formula is C11H17N3O. The molecule has 1 saturated heterocycles. The number of aliphatic hydroxyl groups excluding tert-OH is 1. The molecule has 1 aromatic rings. The third-order valence-electron chi connectivity index (χ3n) is 2.81. The smallest absolute Gasteiger partial charge is 0.143 e. The maximum Gasteiger partial charge on any atom is 0.143 e. The van der Waals surface area contributed by atoms with Crippen molar-refractivity contribution in [3.05, 3.63) is 24.4 Å². The van der Waals surface area contributed by atoms with Crippen LogP contribution in [0.1, 0.15) is 20.3 Å². The van der Waals surface area contributed by atoms with Gasteiger partial charge in [0.25, 0.3) is 0 Å². The highest BCUT2D eigenvalue weighted by atomic mass is 16.3. The molecule has 0 unspecified atom stereocenters. The number of nitrogens with zero attached hydrogens (tertiary/aromatic N) is 2. The fraction of sp³-hybridized carbons (Fsp3) is 0.545. The van der Waals surface area contributed by atoms with E-state index in [1.54, 1.807) is 6.20 Å². The molecule has 2 heterocycles. The van der Waals surface area contributed by atoms with E-state index in [4.69, 9.17) is 0 Å². The molecule has 2 rings (SSSR count). The minimum absolute atomic E-state index is 0.0519. The molecule has 15 heavy (non-hydrogen) atoms. The zero-order valence-electron chi connectivity index (χ0n) is 9.09. The van der Waals surface area contributed by atoms with Crippen molar-refractivity contribution in [2.75, 3.05) is 5.01 Å². The van der Waals surface area contributed by atoms with Crippen molar-refractivity contribution in [2.45, 2.75) is 38.5 Å². The molecule has 4 nitrogen and oxygen atoms in total. The number of aromatic nitrogens is 1. The minimum atomic E-state index is -0.303. The van der Waals surface area contributed by atoms with Gasteiger partial charge in [-0.15, -0.1) is 0 Å².